The first-order valence-corrected chi connectivity index (χ1v) is 5.62. The van der Waals surface area contributed by atoms with Gasteiger partial charge in [0.1, 0.15) is 0 Å². The van der Waals surface area contributed by atoms with Crippen LogP contribution in [0.3, 0.4) is 0 Å². The average Bonchev–Trinajstić information content (AvgIpc) is 2.78. The summed E-state index contributed by atoms with van der Waals surface area (Å²) in [5.74, 6) is 1.24. The molecule has 1 aromatic rings. The molecule has 1 aromatic carbocycles. The van der Waals surface area contributed by atoms with Crippen LogP contribution in [0.15, 0.2) is 48.6 Å². The molecule has 0 spiro atoms. The van der Waals surface area contributed by atoms with Crippen LogP contribution in [0.2, 0.25) is 0 Å². The first kappa shape index (κ1) is 8.96. The van der Waals surface area contributed by atoms with Gasteiger partial charge in [-0.15, -0.1) is 0 Å². The molecular formula is C15H14. The quantitative estimate of drug-likeness (QED) is 0.638. The Bertz CT molecular complexity index is 397. The molecule has 1 saturated carbocycles. The minimum atomic E-state index is 0.560. The Balaban J connectivity index is 1.99. The number of fused-ring (bicyclic) bond motifs is 1. The molecule has 3 rings (SSSR count). The predicted octanol–water partition coefficient (Wildman–Crippen LogP) is 3.75. The highest BCUT2D eigenvalue weighted by atomic mass is 14.3. The van der Waals surface area contributed by atoms with E-state index in [4.69, 9.17) is 0 Å². The van der Waals surface area contributed by atoms with E-state index in [1.165, 1.54) is 17.6 Å². The van der Waals surface area contributed by atoms with Crippen molar-refractivity contribution in [3.63, 3.8) is 0 Å². The van der Waals surface area contributed by atoms with Gasteiger partial charge in [0.25, 0.3) is 0 Å². The number of benzene rings is 1. The number of hydrogen-bond acceptors (Lipinski definition) is 0. The molecule has 0 aliphatic heterocycles. The van der Waals surface area contributed by atoms with Gasteiger partial charge in [0.2, 0.25) is 0 Å². The second-order valence-corrected chi connectivity index (χ2v) is 4.25. The molecule has 2 aliphatic carbocycles. The average molecular weight is 194 g/mol. The number of allylic oxidation sites excluding steroid dienone is 4. The Labute approximate surface area is 91.3 Å². The lowest BCUT2D eigenvalue weighted by atomic mass is 9.81. The third-order valence-corrected chi connectivity index (χ3v) is 3.37. The Hall–Kier alpha value is -1.30. The lowest BCUT2D eigenvalue weighted by molar-refractivity contribution is 0.606. The molecule has 2 aliphatic rings. The zero-order chi connectivity index (χ0) is 10.1. The summed E-state index contributed by atoms with van der Waals surface area (Å²) < 4.78 is 0. The van der Waals surface area contributed by atoms with Crippen molar-refractivity contribution in [1.29, 1.82) is 0 Å². The molecule has 0 aromatic heterocycles. The molecule has 74 valence electrons. The summed E-state index contributed by atoms with van der Waals surface area (Å²) in [5.41, 5.74) is 2.87. The van der Waals surface area contributed by atoms with Crippen LogP contribution in [0, 0.1) is 18.3 Å². The van der Waals surface area contributed by atoms with Crippen molar-refractivity contribution in [1.82, 2.24) is 0 Å². The zero-order valence-corrected chi connectivity index (χ0v) is 8.69. The molecule has 0 nitrogen and oxygen atoms in total. The fourth-order valence-corrected chi connectivity index (χ4v) is 2.62. The highest BCUT2D eigenvalue weighted by molar-refractivity contribution is 5.71. The fourth-order valence-electron chi connectivity index (χ4n) is 2.62. The lowest BCUT2D eigenvalue weighted by Gasteiger charge is -2.23. The van der Waals surface area contributed by atoms with Crippen molar-refractivity contribution in [2.75, 3.05) is 0 Å². The topological polar surface area (TPSA) is 0 Å². The molecule has 15 heavy (non-hydrogen) atoms. The van der Waals surface area contributed by atoms with Gasteiger partial charge in [-0.25, -0.2) is 0 Å². The van der Waals surface area contributed by atoms with Crippen molar-refractivity contribution in [3.8, 4) is 0 Å². The summed E-state index contributed by atoms with van der Waals surface area (Å²) in [6.45, 7) is 0. The van der Waals surface area contributed by atoms with Crippen molar-refractivity contribution < 1.29 is 0 Å². The minimum Gasteiger partial charge on any atom is -0.0802 e. The predicted molar refractivity (Wildman–Crippen MR) is 63.0 cm³/mol. The van der Waals surface area contributed by atoms with Crippen LogP contribution >= 0.6 is 0 Å². The van der Waals surface area contributed by atoms with Crippen LogP contribution in [-0.2, 0) is 0 Å². The van der Waals surface area contributed by atoms with Gasteiger partial charge in [0, 0.05) is 0 Å². The molecule has 0 N–H and O–H groups in total. The maximum Gasteiger partial charge on any atom is -0.00870 e. The van der Waals surface area contributed by atoms with Crippen LogP contribution in [0.5, 0.6) is 0 Å². The minimum absolute atomic E-state index is 0.560. The van der Waals surface area contributed by atoms with E-state index in [1.54, 1.807) is 0 Å². The number of hydrogen-bond donors (Lipinski definition) is 0. The maximum absolute atomic E-state index is 3.53. The van der Waals surface area contributed by atoms with Crippen LogP contribution < -0.4 is 0 Å². The van der Waals surface area contributed by atoms with Crippen LogP contribution in [0.1, 0.15) is 18.4 Å². The van der Waals surface area contributed by atoms with Gasteiger partial charge < -0.3 is 0 Å². The van der Waals surface area contributed by atoms with Crippen molar-refractivity contribution >= 4 is 5.57 Å². The smallest absolute Gasteiger partial charge is 0.00870 e. The molecular weight excluding hydrogens is 180 g/mol. The Morgan fingerprint density at radius 2 is 2.00 bits per heavy atom. The molecule has 0 amide bonds. The SMILES string of the molecule is [C]1CCC2C(c3ccccc3)=CC=CC12. The van der Waals surface area contributed by atoms with Gasteiger partial charge in [-0.2, -0.15) is 0 Å². The van der Waals surface area contributed by atoms with E-state index in [-0.39, 0.29) is 0 Å². The number of rotatable bonds is 1. The van der Waals surface area contributed by atoms with Gasteiger partial charge in [-0.1, -0.05) is 48.6 Å². The van der Waals surface area contributed by atoms with E-state index < -0.39 is 0 Å². The van der Waals surface area contributed by atoms with Crippen LogP contribution in [0.4, 0.5) is 0 Å². The Morgan fingerprint density at radius 1 is 1.13 bits per heavy atom. The molecule has 2 radical (unpaired) electrons. The molecule has 0 saturated heterocycles. The summed E-state index contributed by atoms with van der Waals surface area (Å²) in [4.78, 5) is 0. The van der Waals surface area contributed by atoms with Crippen LogP contribution in [0.25, 0.3) is 5.57 Å². The van der Waals surface area contributed by atoms with Gasteiger partial charge in [0.15, 0.2) is 0 Å². The Morgan fingerprint density at radius 3 is 2.87 bits per heavy atom. The standard InChI is InChI=1S/C15H14/c1-2-6-12(7-3-1)14-10-4-8-13-9-5-11-15(13)14/h1-4,6-8,10,13,15H,5,11H2. The van der Waals surface area contributed by atoms with Gasteiger partial charge >= 0.3 is 0 Å². The van der Waals surface area contributed by atoms with E-state index in [2.05, 4.69) is 55.0 Å². The third-order valence-electron chi connectivity index (χ3n) is 3.37. The normalized spacial score (nSPS) is 28.7. The van der Waals surface area contributed by atoms with Gasteiger partial charge in [0.05, 0.1) is 0 Å². The van der Waals surface area contributed by atoms with Crippen molar-refractivity contribution in [2.24, 2.45) is 11.8 Å². The van der Waals surface area contributed by atoms with E-state index >= 15 is 0 Å². The van der Waals surface area contributed by atoms with E-state index in [0.29, 0.717) is 11.8 Å². The first-order valence-electron chi connectivity index (χ1n) is 5.62. The second kappa shape index (κ2) is 3.69. The van der Waals surface area contributed by atoms with E-state index in [1.807, 2.05) is 0 Å². The monoisotopic (exact) mass is 194 g/mol. The largest absolute Gasteiger partial charge is 0.0802 e. The first-order chi connectivity index (χ1) is 7.45. The van der Waals surface area contributed by atoms with Crippen molar-refractivity contribution in [2.45, 2.75) is 12.8 Å². The Kier molecular flexibility index (Phi) is 2.21. The highest BCUT2D eigenvalue weighted by Crippen LogP contribution is 2.43. The lowest BCUT2D eigenvalue weighted by Crippen LogP contribution is -2.10. The zero-order valence-electron chi connectivity index (χ0n) is 8.69. The highest BCUT2D eigenvalue weighted by Gasteiger charge is 2.30. The van der Waals surface area contributed by atoms with Crippen molar-refractivity contribution in [3.05, 3.63) is 60.5 Å². The molecule has 0 bridgehead atoms. The molecule has 1 fully saturated rings. The summed E-state index contributed by atoms with van der Waals surface area (Å²) >= 11 is 0. The molecule has 2 unspecified atom stereocenters. The van der Waals surface area contributed by atoms with E-state index in [9.17, 15) is 0 Å². The summed E-state index contributed by atoms with van der Waals surface area (Å²) in [6, 6.07) is 10.7. The van der Waals surface area contributed by atoms with Gasteiger partial charge in [-0.05, 0) is 42.2 Å². The third kappa shape index (κ3) is 1.54. The van der Waals surface area contributed by atoms with E-state index in [0.717, 1.165) is 6.42 Å². The van der Waals surface area contributed by atoms with Crippen LogP contribution in [-0.4, -0.2) is 0 Å². The summed E-state index contributed by atoms with van der Waals surface area (Å²) in [5, 5.41) is 0. The summed E-state index contributed by atoms with van der Waals surface area (Å²) in [7, 11) is 0. The molecule has 0 heterocycles. The molecule has 2 atom stereocenters. The second-order valence-electron chi connectivity index (χ2n) is 4.25. The van der Waals surface area contributed by atoms with Gasteiger partial charge in [-0.3, -0.25) is 0 Å². The maximum atomic E-state index is 3.53. The molecule has 0 heteroatoms. The summed E-state index contributed by atoms with van der Waals surface area (Å²) in [6.07, 6.45) is 12.7. The fraction of sp³-hybridized carbons (Fsp3) is 0.267.